The number of hydrogen-bond donors (Lipinski definition) is 2. The van der Waals surface area contributed by atoms with Gasteiger partial charge < -0.3 is 24.9 Å². The molecule has 144 valence electrons. The lowest BCUT2D eigenvalue weighted by atomic mass is 10.2. The molecule has 0 unspecified atom stereocenters. The fraction of sp³-hybridized carbons (Fsp3) is 0.158. The number of amides is 2. The van der Waals surface area contributed by atoms with Crippen LogP contribution in [0.15, 0.2) is 52.9 Å². The van der Waals surface area contributed by atoms with Crippen molar-refractivity contribution in [2.75, 3.05) is 12.4 Å². The van der Waals surface area contributed by atoms with E-state index in [4.69, 9.17) is 19.6 Å². The molecule has 0 aliphatic heterocycles. The van der Waals surface area contributed by atoms with Crippen LogP contribution >= 0.6 is 0 Å². The average Bonchev–Trinajstić information content (AvgIpc) is 3.18. The van der Waals surface area contributed by atoms with Gasteiger partial charge in [-0.1, -0.05) is 6.07 Å². The number of nitrogens with one attached hydrogen (secondary N) is 1. The van der Waals surface area contributed by atoms with Crippen LogP contribution in [0.4, 0.5) is 10.5 Å². The van der Waals surface area contributed by atoms with Gasteiger partial charge >= 0.3 is 12.0 Å². The lowest BCUT2D eigenvalue weighted by Crippen LogP contribution is -2.19. The monoisotopic (exact) mass is 382 g/mol. The number of carbonyl (C=O) groups is 2. The van der Waals surface area contributed by atoms with Gasteiger partial charge in [-0.25, -0.2) is 9.59 Å². The van der Waals surface area contributed by atoms with Crippen molar-refractivity contribution in [3.8, 4) is 17.2 Å². The summed E-state index contributed by atoms with van der Waals surface area (Å²) in [5.41, 5.74) is 6.41. The van der Waals surface area contributed by atoms with E-state index in [0.717, 1.165) is 0 Å². The Bertz CT molecular complexity index is 984. The maximum Gasteiger partial charge on any atom is 0.338 e. The van der Waals surface area contributed by atoms with Crippen molar-refractivity contribution in [1.29, 1.82) is 0 Å². The van der Waals surface area contributed by atoms with E-state index in [9.17, 15) is 9.59 Å². The molecule has 0 fully saturated rings. The third kappa shape index (κ3) is 4.44. The number of nitrogens with two attached hydrogens (primary N) is 1. The molecule has 9 nitrogen and oxygen atoms in total. The minimum atomic E-state index is -0.764. The summed E-state index contributed by atoms with van der Waals surface area (Å²) >= 11 is 0. The van der Waals surface area contributed by atoms with Gasteiger partial charge in [0.2, 0.25) is 5.89 Å². The molecule has 9 heteroatoms. The first-order valence-electron chi connectivity index (χ1n) is 8.31. The number of primary amides is 1. The number of rotatable bonds is 6. The van der Waals surface area contributed by atoms with E-state index >= 15 is 0 Å². The van der Waals surface area contributed by atoms with Gasteiger partial charge in [0.25, 0.3) is 5.89 Å². The first-order chi connectivity index (χ1) is 13.5. The van der Waals surface area contributed by atoms with Gasteiger partial charge in [0.05, 0.1) is 12.7 Å². The van der Waals surface area contributed by atoms with E-state index < -0.39 is 18.1 Å². The van der Waals surface area contributed by atoms with E-state index in [1.807, 2.05) is 0 Å². The molecule has 28 heavy (non-hydrogen) atoms. The second kappa shape index (κ2) is 8.21. The highest BCUT2D eigenvalue weighted by Gasteiger charge is 2.20. The molecule has 0 saturated carbocycles. The Morgan fingerprint density at radius 2 is 1.89 bits per heavy atom. The lowest BCUT2D eigenvalue weighted by molar-refractivity contribution is 0.0280. The number of methoxy groups -OCH3 is 1. The predicted octanol–water partition coefficient (Wildman–Crippen LogP) is 3.15. The van der Waals surface area contributed by atoms with Crippen molar-refractivity contribution >= 4 is 17.7 Å². The molecule has 2 amide bonds. The van der Waals surface area contributed by atoms with E-state index in [-0.39, 0.29) is 11.5 Å². The molecular formula is C19H18N4O5. The van der Waals surface area contributed by atoms with Crippen LogP contribution in [-0.4, -0.2) is 29.3 Å². The Morgan fingerprint density at radius 1 is 1.14 bits per heavy atom. The molecule has 3 aromatic rings. The van der Waals surface area contributed by atoms with Gasteiger partial charge in [-0.3, -0.25) is 0 Å². The van der Waals surface area contributed by atoms with Gasteiger partial charge in [-0.15, -0.1) is 10.2 Å². The second-order valence-electron chi connectivity index (χ2n) is 5.79. The number of esters is 1. The molecule has 2 aromatic carbocycles. The van der Waals surface area contributed by atoms with Crippen molar-refractivity contribution in [1.82, 2.24) is 10.2 Å². The van der Waals surface area contributed by atoms with E-state index in [2.05, 4.69) is 15.5 Å². The summed E-state index contributed by atoms with van der Waals surface area (Å²) < 4.78 is 16.1. The van der Waals surface area contributed by atoms with Crippen LogP contribution in [-0.2, 0) is 4.74 Å². The largest absolute Gasteiger partial charge is 0.497 e. The molecular weight excluding hydrogens is 364 g/mol. The van der Waals surface area contributed by atoms with Crippen LogP contribution in [0.25, 0.3) is 11.5 Å². The quantitative estimate of drug-likeness (QED) is 0.626. The Labute approximate surface area is 160 Å². The number of nitrogens with zero attached hydrogens (tertiary/aromatic N) is 2. The first-order valence-corrected chi connectivity index (χ1v) is 8.31. The number of urea groups is 1. The minimum Gasteiger partial charge on any atom is -0.497 e. The third-order valence-corrected chi connectivity index (χ3v) is 3.77. The lowest BCUT2D eigenvalue weighted by Gasteiger charge is -2.10. The van der Waals surface area contributed by atoms with E-state index in [0.29, 0.717) is 22.9 Å². The highest BCUT2D eigenvalue weighted by molar-refractivity contribution is 5.93. The Morgan fingerprint density at radius 3 is 2.57 bits per heavy atom. The summed E-state index contributed by atoms with van der Waals surface area (Å²) in [5, 5.41) is 10.3. The molecule has 1 aromatic heterocycles. The SMILES string of the molecule is COc1ccc(-c2nnc([C@H](C)OC(=O)c3cccc(NC(N)=O)c3)o2)cc1. The molecule has 1 heterocycles. The standard InChI is InChI=1S/C19H18N4O5/c1-11(27-18(24)13-4-3-5-14(10-13)21-19(20)25)16-22-23-17(28-16)12-6-8-15(26-2)9-7-12/h3-11H,1-2H3,(H3,20,21,25)/t11-/m0/s1. The first kappa shape index (κ1) is 18.9. The van der Waals surface area contributed by atoms with Crippen molar-refractivity contribution in [3.63, 3.8) is 0 Å². The molecule has 0 radical (unpaired) electrons. The maximum absolute atomic E-state index is 12.3. The molecule has 3 N–H and O–H groups in total. The van der Waals surface area contributed by atoms with Gasteiger partial charge in [0.15, 0.2) is 6.10 Å². The topological polar surface area (TPSA) is 130 Å². The van der Waals surface area contributed by atoms with Crippen LogP contribution in [0.3, 0.4) is 0 Å². The van der Waals surface area contributed by atoms with Crippen molar-refractivity contribution in [3.05, 3.63) is 60.0 Å². The van der Waals surface area contributed by atoms with Crippen LogP contribution in [0.5, 0.6) is 5.75 Å². The fourth-order valence-electron chi connectivity index (χ4n) is 2.39. The van der Waals surface area contributed by atoms with Gasteiger partial charge in [0.1, 0.15) is 5.75 Å². The highest BCUT2D eigenvalue weighted by Crippen LogP contribution is 2.25. The van der Waals surface area contributed by atoms with Gasteiger partial charge in [0, 0.05) is 11.3 Å². The number of carbonyl (C=O) groups excluding carboxylic acids is 2. The predicted molar refractivity (Wildman–Crippen MR) is 99.8 cm³/mol. The highest BCUT2D eigenvalue weighted by atomic mass is 16.6. The molecule has 1 atom stereocenters. The number of benzene rings is 2. The summed E-state index contributed by atoms with van der Waals surface area (Å²) in [4.78, 5) is 23.3. The summed E-state index contributed by atoms with van der Waals surface area (Å²) in [5.74, 6) is 0.558. The van der Waals surface area contributed by atoms with Gasteiger partial charge in [-0.2, -0.15) is 0 Å². The molecule has 0 saturated heterocycles. The number of anilines is 1. The zero-order valence-corrected chi connectivity index (χ0v) is 15.2. The van der Waals surface area contributed by atoms with Crippen molar-refractivity contribution in [2.24, 2.45) is 5.73 Å². The molecule has 0 spiro atoms. The fourth-order valence-corrected chi connectivity index (χ4v) is 2.39. The Balaban J connectivity index is 1.69. The number of ether oxygens (including phenoxy) is 2. The zero-order valence-electron chi connectivity index (χ0n) is 15.2. The smallest absolute Gasteiger partial charge is 0.338 e. The second-order valence-corrected chi connectivity index (χ2v) is 5.79. The van der Waals surface area contributed by atoms with E-state index in [1.165, 1.54) is 6.07 Å². The molecule has 0 aliphatic carbocycles. The summed E-state index contributed by atoms with van der Waals surface area (Å²) in [6.07, 6.45) is -0.764. The Hall–Kier alpha value is -3.88. The third-order valence-electron chi connectivity index (χ3n) is 3.77. The number of hydrogen-bond acceptors (Lipinski definition) is 7. The van der Waals surface area contributed by atoms with Gasteiger partial charge in [-0.05, 0) is 49.4 Å². The van der Waals surface area contributed by atoms with Crippen LogP contribution in [0.1, 0.15) is 29.3 Å². The van der Waals surface area contributed by atoms with Crippen LogP contribution in [0.2, 0.25) is 0 Å². The molecule has 3 rings (SSSR count). The van der Waals surface area contributed by atoms with E-state index in [1.54, 1.807) is 56.5 Å². The maximum atomic E-state index is 12.3. The minimum absolute atomic E-state index is 0.158. The van der Waals surface area contributed by atoms with Crippen LogP contribution in [0, 0.1) is 0 Å². The summed E-state index contributed by atoms with van der Waals surface area (Å²) in [7, 11) is 1.58. The van der Waals surface area contributed by atoms with Crippen LogP contribution < -0.4 is 15.8 Å². The molecule has 0 aliphatic rings. The Kier molecular flexibility index (Phi) is 5.54. The number of aromatic nitrogens is 2. The normalized spacial score (nSPS) is 11.5. The molecule has 0 bridgehead atoms. The van der Waals surface area contributed by atoms with Crippen molar-refractivity contribution < 1.29 is 23.5 Å². The van der Waals surface area contributed by atoms with Crippen molar-refractivity contribution in [2.45, 2.75) is 13.0 Å². The summed E-state index contributed by atoms with van der Waals surface area (Å²) in [6.45, 7) is 1.62. The summed E-state index contributed by atoms with van der Waals surface area (Å²) in [6, 6.07) is 12.6. The zero-order chi connectivity index (χ0) is 20.1. The average molecular weight is 382 g/mol.